The molecule has 0 saturated carbocycles. The van der Waals surface area contributed by atoms with Gasteiger partial charge in [-0.1, -0.05) is 29.3 Å². The van der Waals surface area contributed by atoms with Crippen LogP contribution in [0.4, 0.5) is 10.1 Å². The van der Waals surface area contributed by atoms with Gasteiger partial charge in [0, 0.05) is 37.9 Å². The van der Waals surface area contributed by atoms with Gasteiger partial charge in [0.2, 0.25) is 5.91 Å². The summed E-state index contributed by atoms with van der Waals surface area (Å²) in [6, 6.07) is 8.22. The summed E-state index contributed by atoms with van der Waals surface area (Å²) in [5.41, 5.74) is 2.31. The number of benzene rings is 1. The monoisotopic (exact) mass is 491 g/mol. The Balaban J connectivity index is 1.47. The molecule has 4 rings (SSSR count). The van der Waals surface area contributed by atoms with Crippen LogP contribution in [0.3, 0.4) is 0 Å². The van der Waals surface area contributed by atoms with E-state index in [1.165, 1.54) is 13.2 Å². The van der Waals surface area contributed by atoms with Gasteiger partial charge in [0.25, 0.3) is 0 Å². The molecule has 7 nitrogen and oxygen atoms in total. The number of anilines is 1. The second-order valence-corrected chi connectivity index (χ2v) is 8.73. The summed E-state index contributed by atoms with van der Waals surface area (Å²) < 4.78 is 21.4. The quantitative estimate of drug-likeness (QED) is 0.527. The van der Waals surface area contributed by atoms with Crippen molar-refractivity contribution in [1.29, 1.82) is 0 Å². The highest BCUT2D eigenvalue weighted by Crippen LogP contribution is 2.33. The van der Waals surface area contributed by atoms with Crippen molar-refractivity contribution in [2.24, 2.45) is 0 Å². The number of ether oxygens (including phenoxy) is 1. The van der Waals surface area contributed by atoms with Gasteiger partial charge < -0.3 is 14.5 Å². The highest BCUT2D eigenvalue weighted by atomic mass is 35.5. The summed E-state index contributed by atoms with van der Waals surface area (Å²) in [7, 11) is 1.49. The van der Waals surface area contributed by atoms with Crippen LogP contribution in [0.1, 0.15) is 12.6 Å². The number of rotatable bonds is 5. The van der Waals surface area contributed by atoms with E-state index in [4.69, 9.17) is 27.9 Å². The van der Waals surface area contributed by atoms with Gasteiger partial charge in [-0.05, 0) is 32.0 Å². The average Bonchev–Trinajstić information content (AvgIpc) is 3.08. The van der Waals surface area contributed by atoms with Crippen LogP contribution < -0.4 is 9.64 Å². The molecular formula is C23H24Cl2FN5O2. The number of halogens is 3. The summed E-state index contributed by atoms with van der Waals surface area (Å²) in [6.07, 6.45) is 1.67. The van der Waals surface area contributed by atoms with Crippen molar-refractivity contribution < 1.29 is 13.9 Å². The molecule has 174 valence electrons. The molecule has 1 aliphatic rings. The van der Waals surface area contributed by atoms with Crippen molar-refractivity contribution in [1.82, 2.24) is 19.7 Å². The van der Waals surface area contributed by atoms with Crippen LogP contribution in [0.25, 0.3) is 11.4 Å². The summed E-state index contributed by atoms with van der Waals surface area (Å²) >= 11 is 12.5. The zero-order valence-electron chi connectivity index (χ0n) is 18.6. The molecule has 1 saturated heterocycles. The summed E-state index contributed by atoms with van der Waals surface area (Å²) in [5, 5.41) is 5.23. The maximum absolute atomic E-state index is 14.6. The predicted octanol–water partition coefficient (Wildman–Crippen LogP) is 4.45. The lowest BCUT2D eigenvalue weighted by atomic mass is 10.1. The van der Waals surface area contributed by atoms with Crippen LogP contribution in [-0.2, 0) is 11.3 Å². The molecule has 0 bridgehead atoms. The summed E-state index contributed by atoms with van der Waals surface area (Å²) in [6.45, 7) is 5.24. The van der Waals surface area contributed by atoms with Crippen LogP contribution in [0.5, 0.6) is 5.75 Å². The largest absolute Gasteiger partial charge is 0.495 e. The van der Waals surface area contributed by atoms with Gasteiger partial charge in [-0.25, -0.2) is 4.39 Å². The van der Waals surface area contributed by atoms with Gasteiger partial charge >= 0.3 is 0 Å². The molecule has 1 fully saturated rings. The highest BCUT2D eigenvalue weighted by Gasteiger charge is 2.30. The van der Waals surface area contributed by atoms with E-state index in [1.807, 2.05) is 36.9 Å². The topological polar surface area (TPSA) is 63.5 Å². The van der Waals surface area contributed by atoms with Crippen LogP contribution >= 0.6 is 23.2 Å². The van der Waals surface area contributed by atoms with E-state index in [2.05, 4.69) is 10.1 Å². The Morgan fingerprint density at radius 2 is 2.06 bits per heavy atom. The zero-order chi connectivity index (χ0) is 23.7. The van der Waals surface area contributed by atoms with Gasteiger partial charge in [-0.3, -0.25) is 14.5 Å². The molecule has 1 unspecified atom stereocenters. The van der Waals surface area contributed by atoms with E-state index >= 15 is 0 Å². The lowest BCUT2D eigenvalue weighted by Crippen LogP contribution is -2.55. The first kappa shape index (κ1) is 23.3. The molecule has 33 heavy (non-hydrogen) atoms. The minimum absolute atomic E-state index is 0.0614. The van der Waals surface area contributed by atoms with Crippen LogP contribution in [0.15, 0.2) is 36.5 Å². The minimum atomic E-state index is -0.420. The second kappa shape index (κ2) is 9.57. The van der Waals surface area contributed by atoms with Crippen molar-refractivity contribution in [3.8, 4) is 17.1 Å². The lowest BCUT2D eigenvalue weighted by molar-refractivity contribution is -0.134. The summed E-state index contributed by atoms with van der Waals surface area (Å²) in [4.78, 5) is 21.1. The van der Waals surface area contributed by atoms with Crippen LogP contribution in [-0.4, -0.2) is 58.4 Å². The van der Waals surface area contributed by atoms with Gasteiger partial charge in [-0.2, -0.15) is 5.10 Å². The molecule has 0 radical (unpaired) electrons. The fourth-order valence-corrected chi connectivity index (χ4v) is 4.49. The molecular weight excluding hydrogens is 468 g/mol. The standard InChI is InChI=1S/C23H24Cl2FN5O2/c1-14-12-29(19-11-20(33-3)16(24)10-17(19)26)8-9-30(14)21(32)13-31-15(2)22(25)23(28-31)18-6-4-5-7-27-18/h4-7,10-11,14H,8-9,12-13H2,1-3H3. The number of hydrogen-bond donors (Lipinski definition) is 0. The predicted molar refractivity (Wildman–Crippen MR) is 127 cm³/mol. The van der Waals surface area contributed by atoms with E-state index in [0.29, 0.717) is 53.2 Å². The Kier molecular flexibility index (Phi) is 6.76. The van der Waals surface area contributed by atoms with Crippen molar-refractivity contribution >= 4 is 34.8 Å². The molecule has 0 aliphatic carbocycles. The molecule has 1 aromatic carbocycles. The number of carbonyl (C=O) groups is 1. The first-order chi connectivity index (χ1) is 15.8. The molecule has 1 atom stereocenters. The molecule has 2 aromatic heterocycles. The Morgan fingerprint density at radius 3 is 2.73 bits per heavy atom. The van der Waals surface area contributed by atoms with Crippen LogP contribution in [0.2, 0.25) is 10.0 Å². The molecule has 1 amide bonds. The highest BCUT2D eigenvalue weighted by molar-refractivity contribution is 6.33. The molecule has 3 heterocycles. The van der Waals surface area contributed by atoms with Crippen molar-refractivity contribution in [3.05, 3.63) is 58.1 Å². The van der Waals surface area contributed by atoms with Gasteiger partial charge in [0.1, 0.15) is 23.8 Å². The lowest BCUT2D eigenvalue weighted by Gasteiger charge is -2.41. The van der Waals surface area contributed by atoms with E-state index < -0.39 is 5.82 Å². The van der Waals surface area contributed by atoms with Gasteiger partial charge in [0.05, 0.1) is 34.2 Å². The van der Waals surface area contributed by atoms with Crippen molar-refractivity contribution in [2.75, 3.05) is 31.6 Å². The van der Waals surface area contributed by atoms with Crippen LogP contribution in [0, 0.1) is 12.7 Å². The molecule has 3 aromatic rings. The minimum Gasteiger partial charge on any atom is -0.495 e. The number of nitrogens with zero attached hydrogens (tertiary/aromatic N) is 5. The Labute approximate surface area is 201 Å². The maximum atomic E-state index is 14.6. The molecule has 0 N–H and O–H groups in total. The normalized spacial score (nSPS) is 16.2. The fraction of sp³-hybridized carbons (Fsp3) is 0.348. The fourth-order valence-electron chi connectivity index (χ4n) is 4.03. The Hall–Kier alpha value is -2.84. The smallest absolute Gasteiger partial charge is 0.244 e. The third kappa shape index (κ3) is 4.63. The van der Waals surface area contributed by atoms with Crippen molar-refractivity contribution in [3.63, 3.8) is 0 Å². The first-order valence-electron chi connectivity index (χ1n) is 10.5. The SMILES string of the molecule is COc1cc(N2CCN(C(=O)Cn3nc(-c4ccccn4)c(Cl)c3C)C(C)C2)c(F)cc1Cl. The number of carbonyl (C=O) groups excluding carboxylic acids is 1. The first-order valence-corrected chi connectivity index (χ1v) is 11.3. The average molecular weight is 492 g/mol. The Bertz CT molecular complexity index is 1170. The maximum Gasteiger partial charge on any atom is 0.244 e. The molecule has 10 heteroatoms. The summed E-state index contributed by atoms with van der Waals surface area (Å²) in [5.74, 6) is -0.0863. The van der Waals surface area contributed by atoms with Crippen molar-refractivity contribution in [2.45, 2.75) is 26.4 Å². The third-order valence-corrected chi connectivity index (χ3v) is 6.58. The number of hydrogen-bond acceptors (Lipinski definition) is 5. The number of piperazine rings is 1. The third-order valence-electron chi connectivity index (χ3n) is 5.84. The van der Waals surface area contributed by atoms with E-state index in [-0.39, 0.29) is 23.5 Å². The van der Waals surface area contributed by atoms with E-state index in [0.717, 1.165) is 0 Å². The number of pyridine rings is 1. The van der Waals surface area contributed by atoms with E-state index in [1.54, 1.807) is 21.8 Å². The number of aromatic nitrogens is 3. The van der Waals surface area contributed by atoms with Gasteiger partial charge in [-0.15, -0.1) is 0 Å². The molecule has 0 spiro atoms. The van der Waals surface area contributed by atoms with E-state index in [9.17, 15) is 9.18 Å². The number of amides is 1. The number of methoxy groups -OCH3 is 1. The Morgan fingerprint density at radius 1 is 1.27 bits per heavy atom. The van der Waals surface area contributed by atoms with Gasteiger partial charge in [0.15, 0.2) is 0 Å². The molecule has 1 aliphatic heterocycles. The zero-order valence-corrected chi connectivity index (χ0v) is 20.1. The second-order valence-electron chi connectivity index (χ2n) is 7.94.